The number of hydrogen-bond acceptors (Lipinski definition) is 3. The predicted molar refractivity (Wildman–Crippen MR) is 99.4 cm³/mol. The number of anilines is 1. The van der Waals surface area contributed by atoms with E-state index in [2.05, 4.69) is 10.2 Å². The van der Waals surface area contributed by atoms with Gasteiger partial charge in [0.15, 0.2) is 0 Å². The van der Waals surface area contributed by atoms with Gasteiger partial charge in [0.1, 0.15) is 0 Å². The minimum Gasteiger partial charge on any atom is -0.342 e. The van der Waals surface area contributed by atoms with Gasteiger partial charge in [0.2, 0.25) is 11.8 Å². The maximum atomic E-state index is 12.6. The highest BCUT2D eigenvalue weighted by atomic mass is 16.2. The lowest BCUT2D eigenvalue weighted by molar-refractivity contribution is -0.129. The van der Waals surface area contributed by atoms with Crippen LogP contribution >= 0.6 is 0 Å². The molecule has 0 radical (unpaired) electrons. The summed E-state index contributed by atoms with van der Waals surface area (Å²) in [6.45, 7) is 6.89. The van der Waals surface area contributed by atoms with Crippen molar-refractivity contribution in [2.45, 2.75) is 39.0 Å². The highest BCUT2D eigenvalue weighted by Gasteiger charge is 2.27. The first-order chi connectivity index (χ1) is 12.1. The van der Waals surface area contributed by atoms with Crippen molar-refractivity contribution in [3.63, 3.8) is 0 Å². The molecule has 2 amide bonds. The van der Waals surface area contributed by atoms with Crippen LogP contribution in [0.3, 0.4) is 0 Å². The molecule has 2 heterocycles. The zero-order valence-corrected chi connectivity index (χ0v) is 15.2. The Bertz CT molecular complexity index is 593. The van der Waals surface area contributed by atoms with Crippen molar-refractivity contribution >= 4 is 17.5 Å². The predicted octanol–water partition coefficient (Wildman–Crippen LogP) is 2.52. The molecule has 2 saturated heterocycles. The summed E-state index contributed by atoms with van der Waals surface area (Å²) in [4.78, 5) is 28.2. The van der Waals surface area contributed by atoms with Crippen LogP contribution in [0.25, 0.3) is 0 Å². The highest BCUT2D eigenvalue weighted by molar-refractivity contribution is 5.88. The van der Waals surface area contributed by atoms with Crippen molar-refractivity contribution in [3.05, 3.63) is 29.8 Å². The maximum absolute atomic E-state index is 12.6. The average molecular weight is 343 g/mol. The van der Waals surface area contributed by atoms with E-state index in [0.717, 1.165) is 37.3 Å². The number of carbonyl (C=O) groups excluding carboxylic acids is 2. The highest BCUT2D eigenvalue weighted by Crippen LogP contribution is 2.21. The number of likely N-dealkylation sites (tertiary alicyclic amines) is 2. The smallest absolute Gasteiger partial charge is 0.226 e. The van der Waals surface area contributed by atoms with E-state index >= 15 is 0 Å². The van der Waals surface area contributed by atoms with Crippen molar-refractivity contribution in [1.29, 1.82) is 0 Å². The maximum Gasteiger partial charge on any atom is 0.226 e. The van der Waals surface area contributed by atoms with Crippen molar-refractivity contribution in [2.24, 2.45) is 5.92 Å². The molecule has 25 heavy (non-hydrogen) atoms. The second-order valence-corrected chi connectivity index (χ2v) is 7.41. The molecule has 3 rings (SSSR count). The summed E-state index contributed by atoms with van der Waals surface area (Å²) in [7, 11) is 0. The van der Waals surface area contributed by atoms with Crippen LogP contribution in [0.15, 0.2) is 24.3 Å². The summed E-state index contributed by atoms with van der Waals surface area (Å²) in [5.41, 5.74) is 1.77. The Morgan fingerprint density at radius 2 is 1.80 bits per heavy atom. The van der Waals surface area contributed by atoms with Gasteiger partial charge in [-0.25, -0.2) is 0 Å². The first-order valence-electron chi connectivity index (χ1n) is 9.47. The second-order valence-electron chi connectivity index (χ2n) is 7.41. The lowest BCUT2D eigenvalue weighted by Crippen LogP contribution is -2.36. The summed E-state index contributed by atoms with van der Waals surface area (Å²) in [5.74, 6) is 0.762. The molecule has 1 N–H and O–H groups in total. The molecule has 2 fully saturated rings. The van der Waals surface area contributed by atoms with Gasteiger partial charge in [0.05, 0.1) is 6.42 Å². The van der Waals surface area contributed by atoms with Gasteiger partial charge in [0, 0.05) is 32.2 Å². The number of amides is 2. The molecule has 1 aromatic rings. The molecule has 2 aliphatic rings. The molecule has 0 aromatic heterocycles. The SMILES string of the molecule is CC(=O)Nc1ccc(CC(=O)N2CCC(CN3CCCCC3)C2)cc1. The molecule has 2 aliphatic heterocycles. The van der Waals surface area contributed by atoms with Crippen molar-refractivity contribution in [1.82, 2.24) is 9.80 Å². The van der Waals surface area contributed by atoms with Crippen LogP contribution in [0.4, 0.5) is 5.69 Å². The summed E-state index contributed by atoms with van der Waals surface area (Å²) >= 11 is 0. The molecule has 1 unspecified atom stereocenters. The summed E-state index contributed by atoms with van der Waals surface area (Å²) in [6, 6.07) is 7.55. The van der Waals surface area contributed by atoms with E-state index in [1.54, 1.807) is 0 Å². The molecule has 0 spiro atoms. The fourth-order valence-electron chi connectivity index (χ4n) is 3.91. The lowest BCUT2D eigenvalue weighted by Gasteiger charge is -2.29. The van der Waals surface area contributed by atoms with Crippen molar-refractivity contribution in [3.8, 4) is 0 Å². The number of piperidine rings is 1. The molecule has 5 heteroatoms. The minimum absolute atomic E-state index is 0.0827. The van der Waals surface area contributed by atoms with E-state index in [1.165, 1.54) is 39.3 Å². The quantitative estimate of drug-likeness (QED) is 0.894. The zero-order chi connectivity index (χ0) is 17.6. The van der Waals surface area contributed by atoms with Gasteiger partial charge in [0.25, 0.3) is 0 Å². The normalized spacial score (nSPS) is 21.3. The van der Waals surface area contributed by atoms with Gasteiger partial charge in [-0.05, 0) is 56.0 Å². The van der Waals surface area contributed by atoms with Crippen LogP contribution in [0.5, 0.6) is 0 Å². The molecule has 0 bridgehead atoms. The van der Waals surface area contributed by atoms with E-state index in [4.69, 9.17) is 0 Å². The first-order valence-corrected chi connectivity index (χ1v) is 9.47. The number of carbonyl (C=O) groups is 2. The Balaban J connectivity index is 1.46. The van der Waals surface area contributed by atoms with Crippen LogP contribution < -0.4 is 5.32 Å². The Hall–Kier alpha value is -1.88. The van der Waals surface area contributed by atoms with E-state index in [-0.39, 0.29) is 11.8 Å². The number of nitrogens with zero attached hydrogens (tertiary/aromatic N) is 2. The average Bonchev–Trinajstić information content (AvgIpc) is 3.06. The Morgan fingerprint density at radius 3 is 2.48 bits per heavy atom. The van der Waals surface area contributed by atoms with Crippen molar-refractivity contribution < 1.29 is 9.59 Å². The number of rotatable bonds is 5. The fourth-order valence-corrected chi connectivity index (χ4v) is 3.91. The second kappa shape index (κ2) is 8.48. The Labute approximate surface area is 150 Å². The molecule has 136 valence electrons. The third kappa shape index (κ3) is 5.30. The van der Waals surface area contributed by atoms with E-state index in [1.807, 2.05) is 29.2 Å². The largest absolute Gasteiger partial charge is 0.342 e. The minimum atomic E-state index is -0.0827. The Kier molecular flexibility index (Phi) is 6.08. The van der Waals surface area contributed by atoms with Gasteiger partial charge >= 0.3 is 0 Å². The van der Waals surface area contributed by atoms with E-state index < -0.39 is 0 Å². The number of benzene rings is 1. The van der Waals surface area contributed by atoms with Crippen LogP contribution in [0.2, 0.25) is 0 Å². The standard InChI is InChI=1S/C20H29N3O2/c1-16(24)21-19-7-5-17(6-8-19)13-20(25)23-12-9-18(15-23)14-22-10-3-2-4-11-22/h5-8,18H,2-4,9-15H2,1H3,(H,21,24). The third-order valence-electron chi connectivity index (χ3n) is 5.23. The van der Waals surface area contributed by atoms with Gasteiger partial charge in [-0.2, -0.15) is 0 Å². The first kappa shape index (κ1) is 17.9. The Morgan fingerprint density at radius 1 is 1.08 bits per heavy atom. The third-order valence-corrected chi connectivity index (χ3v) is 5.23. The molecule has 5 nitrogen and oxygen atoms in total. The lowest BCUT2D eigenvalue weighted by atomic mass is 10.1. The van der Waals surface area contributed by atoms with Crippen molar-refractivity contribution in [2.75, 3.05) is 38.0 Å². The van der Waals surface area contributed by atoms with Crippen LogP contribution in [-0.4, -0.2) is 54.3 Å². The summed E-state index contributed by atoms with van der Waals surface area (Å²) in [5, 5.41) is 2.75. The molecular weight excluding hydrogens is 314 g/mol. The molecule has 0 saturated carbocycles. The van der Waals surface area contributed by atoms with Gasteiger partial charge in [-0.15, -0.1) is 0 Å². The molecule has 0 aliphatic carbocycles. The van der Waals surface area contributed by atoms with Crippen LogP contribution in [0, 0.1) is 5.92 Å². The van der Waals surface area contributed by atoms with Gasteiger partial charge in [-0.1, -0.05) is 18.6 Å². The molecule has 1 atom stereocenters. The van der Waals surface area contributed by atoms with Gasteiger partial charge in [-0.3, -0.25) is 9.59 Å². The summed E-state index contributed by atoms with van der Waals surface area (Å²) in [6.07, 6.45) is 5.58. The van der Waals surface area contributed by atoms with Crippen LogP contribution in [0.1, 0.15) is 38.2 Å². The van der Waals surface area contributed by atoms with Gasteiger partial charge < -0.3 is 15.1 Å². The monoisotopic (exact) mass is 343 g/mol. The fraction of sp³-hybridized carbons (Fsp3) is 0.600. The summed E-state index contributed by atoms with van der Waals surface area (Å²) < 4.78 is 0. The molecular formula is C20H29N3O2. The topological polar surface area (TPSA) is 52.7 Å². The van der Waals surface area contributed by atoms with Crippen LogP contribution in [-0.2, 0) is 16.0 Å². The zero-order valence-electron chi connectivity index (χ0n) is 15.2. The number of nitrogens with one attached hydrogen (secondary N) is 1. The number of hydrogen-bond donors (Lipinski definition) is 1. The molecule has 1 aromatic carbocycles. The van der Waals surface area contributed by atoms with E-state index in [9.17, 15) is 9.59 Å². The van der Waals surface area contributed by atoms with E-state index in [0.29, 0.717) is 12.3 Å².